The van der Waals surface area contributed by atoms with E-state index in [-0.39, 0.29) is 0 Å². The molecule has 1 fully saturated rings. The normalized spacial score (nSPS) is 30.2. The van der Waals surface area contributed by atoms with Crippen LogP contribution in [0, 0.1) is 0 Å². The van der Waals surface area contributed by atoms with Crippen LogP contribution in [0.5, 0.6) is 0 Å². The molecule has 3 N–H and O–H groups in total. The summed E-state index contributed by atoms with van der Waals surface area (Å²) in [6.07, 6.45) is 5.36. The number of aromatic nitrogens is 1. The third kappa shape index (κ3) is 1.04. The topological polar surface area (TPSA) is 50.9 Å². The van der Waals surface area contributed by atoms with E-state index in [0.29, 0.717) is 12.1 Å². The summed E-state index contributed by atoms with van der Waals surface area (Å²) in [7, 11) is 0. The lowest BCUT2D eigenvalue weighted by atomic mass is 10.00. The summed E-state index contributed by atoms with van der Waals surface area (Å²) in [5.74, 6) is 0. The lowest BCUT2D eigenvalue weighted by Crippen LogP contribution is -2.32. The Bertz CT molecular complexity index is 348. The third-order valence-electron chi connectivity index (χ3n) is 3.08. The van der Waals surface area contributed by atoms with Gasteiger partial charge in [-0.2, -0.15) is 0 Å². The van der Waals surface area contributed by atoms with Gasteiger partial charge in [-0.25, -0.2) is 0 Å². The molecule has 2 aliphatic rings. The second-order valence-electron chi connectivity index (χ2n) is 4.00. The van der Waals surface area contributed by atoms with Crippen molar-refractivity contribution < 1.29 is 0 Å². The molecule has 3 heterocycles. The van der Waals surface area contributed by atoms with E-state index >= 15 is 0 Å². The predicted molar refractivity (Wildman–Crippen MR) is 51.3 cm³/mol. The number of nitrogen functional groups attached to an aromatic ring is 1. The number of rotatable bonds is 0. The summed E-state index contributed by atoms with van der Waals surface area (Å²) >= 11 is 0. The van der Waals surface area contributed by atoms with Crippen LogP contribution >= 0.6 is 0 Å². The summed E-state index contributed by atoms with van der Waals surface area (Å²) in [6.45, 7) is 0. The van der Waals surface area contributed by atoms with Crippen molar-refractivity contribution in [2.75, 3.05) is 5.73 Å². The number of nitrogens with zero attached hydrogens (tertiary/aromatic N) is 1. The van der Waals surface area contributed by atoms with Crippen LogP contribution in [0.3, 0.4) is 0 Å². The number of pyridine rings is 1. The zero-order valence-corrected chi connectivity index (χ0v) is 7.46. The first-order valence-electron chi connectivity index (χ1n) is 4.83. The highest BCUT2D eigenvalue weighted by atomic mass is 15.0. The van der Waals surface area contributed by atoms with Crippen LogP contribution in [0.1, 0.15) is 30.1 Å². The number of nitrogens with two attached hydrogens (primary N) is 1. The summed E-state index contributed by atoms with van der Waals surface area (Å²) < 4.78 is 0. The number of nitrogens with one attached hydrogen (secondary N) is 1. The Morgan fingerprint density at radius 2 is 2.38 bits per heavy atom. The van der Waals surface area contributed by atoms with Gasteiger partial charge in [-0.3, -0.25) is 4.98 Å². The van der Waals surface area contributed by atoms with Crippen molar-refractivity contribution in [1.82, 2.24) is 10.3 Å². The standard InChI is InChI=1S/C10H13N3/c11-6-3-8-9-2-1-7(13-9)4-10(8)12-5-6/h3,5,7,9,13H,1-2,4,11H2. The van der Waals surface area contributed by atoms with Gasteiger partial charge in [0, 0.05) is 24.2 Å². The Morgan fingerprint density at radius 3 is 3.31 bits per heavy atom. The van der Waals surface area contributed by atoms with E-state index in [1.54, 1.807) is 6.20 Å². The molecule has 3 rings (SSSR count). The minimum atomic E-state index is 0.518. The van der Waals surface area contributed by atoms with Crippen LogP contribution in [-0.2, 0) is 6.42 Å². The smallest absolute Gasteiger partial charge is 0.0504 e. The summed E-state index contributed by atoms with van der Waals surface area (Å²) in [5.41, 5.74) is 9.08. The Morgan fingerprint density at radius 1 is 1.46 bits per heavy atom. The van der Waals surface area contributed by atoms with Crippen molar-refractivity contribution in [2.45, 2.75) is 31.3 Å². The van der Waals surface area contributed by atoms with Gasteiger partial charge in [-0.15, -0.1) is 0 Å². The second kappa shape index (κ2) is 2.45. The zero-order chi connectivity index (χ0) is 8.84. The first-order chi connectivity index (χ1) is 6.33. The molecule has 1 aromatic heterocycles. The molecule has 1 aromatic rings. The van der Waals surface area contributed by atoms with Crippen molar-refractivity contribution in [1.29, 1.82) is 0 Å². The van der Waals surface area contributed by atoms with Crippen LogP contribution in [0.2, 0.25) is 0 Å². The molecule has 0 aromatic carbocycles. The van der Waals surface area contributed by atoms with Crippen molar-refractivity contribution >= 4 is 5.69 Å². The molecule has 2 aliphatic heterocycles. The van der Waals surface area contributed by atoms with E-state index in [0.717, 1.165) is 12.1 Å². The maximum atomic E-state index is 5.72. The highest BCUT2D eigenvalue weighted by Gasteiger charge is 2.32. The van der Waals surface area contributed by atoms with Crippen molar-refractivity contribution in [3.8, 4) is 0 Å². The minimum absolute atomic E-state index is 0.518. The van der Waals surface area contributed by atoms with Gasteiger partial charge < -0.3 is 11.1 Å². The predicted octanol–water partition coefficient (Wildman–Crippen LogP) is 1.01. The third-order valence-corrected chi connectivity index (χ3v) is 3.08. The second-order valence-corrected chi connectivity index (χ2v) is 4.00. The van der Waals surface area contributed by atoms with E-state index in [1.165, 1.54) is 24.1 Å². The average molecular weight is 175 g/mol. The maximum absolute atomic E-state index is 5.72. The number of hydrogen-bond acceptors (Lipinski definition) is 3. The monoisotopic (exact) mass is 175 g/mol. The first-order valence-corrected chi connectivity index (χ1v) is 4.83. The quantitative estimate of drug-likeness (QED) is 0.618. The fraction of sp³-hybridized carbons (Fsp3) is 0.500. The summed E-state index contributed by atoms with van der Waals surface area (Å²) in [4.78, 5) is 4.39. The molecule has 0 saturated carbocycles. The highest BCUT2D eigenvalue weighted by molar-refractivity contribution is 5.43. The van der Waals surface area contributed by atoms with Crippen LogP contribution in [-0.4, -0.2) is 11.0 Å². The molecule has 0 spiro atoms. The van der Waals surface area contributed by atoms with Crippen molar-refractivity contribution in [3.05, 3.63) is 23.5 Å². The molecular weight excluding hydrogens is 162 g/mol. The lowest BCUT2D eigenvalue weighted by Gasteiger charge is -2.23. The fourth-order valence-corrected chi connectivity index (χ4v) is 2.46. The van der Waals surface area contributed by atoms with Crippen LogP contribution in [0.15, 0.2) is 12.3 Å². The van der Waals surface area contributed by atoms with E-state index < -0.39 is 0 Å². The molecule has 0 radical (unpaired) electrons. The van der Waals surface area contributed by atoms with Crippen molar-refractivity contribution in [3.63, 3.8) is 0 Å². The van der Waals surface area contributed by atoms with E-state index in [4.69, 9.17) is 5.73 Å². The Kier molecular flexibility index (Phi) is 1.38. The van der Waals surface area contributed by atoms with E-state index in [9.17, 15) is 0 Å². The van der Waals surface area contributed by atoms with E-state index in [2.05, 4.69) is 16.4 Å². The largest absolute Gasteiger partial charge is 0.397 e. The number of anilines is 1. The molecule has 13 heavy (non-hydrogen) atoms. The van der Waals surface area contributed by atoms with Crippen LogP contribution in [0.25, 0.3) is 0 Å². The molecule has 2 bridgehead atoms. The van der Waals surface area contributed by atoms with Gasteiger partial charge in [0.05, 0.1) is 11.9 Å². The maximum Gasteiger partial charge on any atom is 0.0504 e. The Hall–Kier alpha value is -1.09. The summed E-state index contributed by atoms with van der Waals surface area (Å²) in [6, 6.07) is 3.25. The number of fused-ring (bicyclic) bond motifs is 4. The SMILES string of the molecule is Nc1cnc2c(c1)C1CCC(C2)N1. The Balaban J connectivity index is 2.12. The highest BCUT2D eigenvalue weighted by Crippen LogP contribution is 2.35. The van der Waals surface area contributed by atoms with Gasteiger partial charge in [-0.1, -0.05) is 0 Å². The van der Waals surface area contributed by atoms with Crippen LogP contribution < -0.4 is 11.1 Å². The van der Waals surface area contributed by atoms with E-state index in [1.807, 2.05) is 0 Å². The molecule has 2 atom stereocenters. The van der Waals surface area contributed by atoms with Gasteiger partial charge in [-0.05, 0) is 24.5 Å². The molecule has 3 nitrogen and oxygen atoms in total. The molecule has 0 aliphatic carbocycles. The van der Waals surface area contributed by atoms with Gasteiger partial charge in [0.2, 0.25) is 0 Å². The fourth-order valence-electron chi connectivity index (χ4n) is 2.46. The molecule has 3 heteroatoms. The zero-order valence-electron chi connectivity index (χ0n) is 7.46. The number of hydrogen-bond donors (Lipinski definition) is 2. The van der Waals surface area contributed by atoms with Crippen LogP contribution in [0.4, 0.5) is 5.69 Å². The van der Waals surface area contributed by atoms with Gasteiger partial charge in [0.25, 0.3) is 0 Å². The average Bonchev–Trinajstić information content (AvgIpc) is 2.51. The molecule has 1 saturated heterocycles. The van der Waals surface area contributed by atoms with Gasteiger partial charge >= 0.3 is 0 Å². The summed E-state index contributed by atoms with van der Waals surface area (Å²) in [5, 5.41) is 3.58. The Labute approximate surface area is 77.4 Å². The molecule has 68 valence electrons. The van der Waals surface area contributed by atoms with Gasteiger partial charge in [0.1, 0.15) is 0 Å². The lowest BCUT2D eigenvalue weighted by molar-refractivity contribution is 0.507. The molecule has 2 unspecified atom stereocenters. The van der Waals surface area contributed by atoms with Gasteiger partial charge in [0.15, 0.2) is 0 Å². The van der Waals surface area contributed by atoms with Crippen molar-refractivity contribution in [2.24, 2.45) is 0 Å². The minimum Gasteiger partial charge on any atom is -0.397 e. The molecule has 0 amide bonds. The molecular formula is C10H13N3. The first kappa shape index (κ1) is 7.33.